The van der Waals surface area contributed by atoms with Crippen molar-refractivity contribution in [1.29, 1.82) is 0 Å². The Morgan fingerprint density at radius 3 is 3.00 bits per heavy atom. The van der Waals surface area contributed by atoms with Gasteiger partial charge in [0.05, 0.1) is 0 Å². The minimum absolute atomic E-state index is 0.347. The van der Waals surface area contributed by atoms with Crippen LogP contribution in [0.15, 0.2) is 24.4 Å². The third-order valence-corrected chi connectivity index (χ3v) is 2.75. The number of hydrogen-bond acceptors (Lipinski definition) is 2. The van der Waals surface area contributed by atoms with E-state index in [-0.39, 0.29) is 0 Å². The number of fused-ring (bicyclic) bond motifs is 1. The Morgan fingerprint density at radius 2 is 2.31 bits per heavy atom. The highest BCUT2D eigenvalue weighted by molar-refractivity contribution is 5.87. The molecule has 84 valence electrons. The molecule has 0 saturated heterocycles. The minimum Gasteiger partial charge on any atom is -0.480 e. The number of nitrogens with two attached hydrogens (primary N) is 1. The number of carboxylic acids is 1. The lowest BCUT2D eigenvalue weighted by atomic mass is 10.0. The first-order chi connectivity index (χ1) is 7.59. The van der Waals surface area contributed by atoms with Crippen LogP contribution < -0.4 is 5.73 Å². The van der Waals surface area contributed by atoms with E-state index in [0.29, 0.717) is 6.42 Å². The number of rotatable bonds is 3. The summed E-state index contributed by atoms with van der Waals surface area (Å²) in [6, 6.07) is 5.10. The Kier molecular flexibility index (Phi) is 2.66. The largest absolute Gasteiger partial charge is 0.480 e. The highest BCUT2D eigenvalue weighted by Crippen LogP contribution is 2.22. The van der Waals surface area contributed by atoms with Gasteiger partial charge in [-0.05, 0) is 24.1 Å². The van der Waals surface area contributed by atoms with Gasteiger partial charge in [-0.3, -0.25) is 4.79 Å². The zero-order valence-corrected chi connectivity index (χ0v) is 9.03. The second-order valence-electron chi connectivity index (χ2n) is 3.96. The molecule has 0 bridgehead atoms. The first-order valence-electron chi connectivity index (χ1n) is 5.13. The molecule has 1 heterocycles. The Morgan fingerprint density at radius 1 is 1.56 bits per heavy atom. The minimum atomic E-state index is -0.970. The predicted octanol–water partition coefficient (Wildman–Crippen LogP) is 1.43. The number of nitrogens with one attached hydrogen (secondary N) is 1. The third-order valence-electron chi connectivity index (χ3n) is 2.75. The van der Waals surface area contributed by atoms with Crippen molar-refractivity contribution in [2.75, 3.05) is 0 Å². The van der Waals surface area contributed by atoms with Crippen LogP contribution in [0.3, 0.4) is 0 Å². The Bertz CT molecular complexity index is 531. The number of aliphatic carboxylic acids is 1. The second kappa shape index (κ2) is 3.98. The SMILES string of the molecule is Cc1cccc2[nH]cc(C[C@@H](N)C(=O)O)c12. The second-order valence-corrected chi connectivity index (χ2v) is 3.96. The van der Waals surface area contributed by atoms with E-state index in [1.54, 1.807) is 0 Å². The predicted molar refractivity (Wildman–Crippen MR) is 62.4 cm³/mol. The normalized spacial score (nSPS) is 12.9. The zero-order valence-electron chi connectivity index (χ0n) is 9.03. The molecule has 0 saturated carbocycles. The molecular formula is C12H14N2O2. The van der Waals surface area contributed by atoms with E-state index in [9.17, 15) is 4.79 Å². The molecule has 1 aromatic heterocycles. The fraction of sp³-hybridized carbons (Fsp3) is 0.250. The van der Waals surface area contributed by atoms with E-state index in [2.05, 4.69) is 4.98 Å². The summed E-state index contributed by atoms with van der Waals surface area (Å²) in [7, 11) is 0. The van der Waals surface area contributed by atoms with E-state index in [4.69, 9.17) is 10.8 Å². The molecule has 0 unspecified atom stereocenters. The van der Waals surface area contributed by atoms with Crippen LogP contribution >= 0.6 is 0 Å². The number of aromatic nitrogens is 1. The van der Waals surface area contributed by atoms with Crippen molar-refractivity contribution in [2.24, 2.45) is 5.73 Å². The van der Waals surface area contributed by atoms with Crippen molar-refractivity contribution in [1.82, 2.24) is 4.98 Å². The third kappa shape index (κ3) is 1.79. The first-order valence-corrected chi connectivity index (χ1v) is 5.13. The number of carbonyl (C=O) groups is 1. The fourth-order valence-electron chi connectivity index (χ4n) is 1.94. The van der Waals surface area contributed by atoms with E-state index in [1.165, 1.54) is 0 Å². The van der Waals surface area contributed by atoms with Crippen molar-refractivity contribution in [3.8, 4) is 0 Å². The van der Waals surface area contributed by atoms with Gasteiger partial charge in [-0.2, -0.15) is 0 Å². The van der Waals surface area contributed by atoms with E-state index in [1.807, 2.05) is 31.3 Å². The summed E-state index contributed by atoms with van der Waals surface area (Å²) in [5.41, 5.74) is 8.65. The smallest absolute Gasteiger partial charge is 0.320 e. The summed E-state index contributed by atoms with van der Waals surface area (Å²) >= 11 is 0. The maximum absolute atomic E-state index is 10.7. The molecule has 1 atom stereocenters. The van der Waals surface area contributed by atoms with Crippen LogP contribution in [0.1, 0.15) is 11.1 Å². The molecule has 0 aliphatic carbocycles. The van der Waals surface area contributed by atoms with E-state index >= 15 is 0 Å². The molecule has 1 aromatic carbocycles. The first kappa shape index (κ1) is 10.7. The van der Waals surface area contributed by atoms with Gasteiger partial charge in [0.25, 0.3) is 0 Å². The lowest BCUT2D eigenvalue weighted by Crippen LogP contribution is -2.32. The zero-order chi connectivity index (χ0) is 11.7. The summed E-state index contributed by atoms with van der Waals surface area (Å²) in [6.07, 6.45) is 2.18. The van der Waals surface area contributed by atoms with Crippen molar-refractivity contribution < 1.29 is 9.90 Å². The highest BCUT2D eigenvalue weighted by atomic mass is 16.4. The molecule has 0 amide bonds. The van der Waals surface area contributed by atoms with Crippen LogP contribution in [-0.4, -0.2) is 22.1 Å². The molecule has 2 aromatic rings. The molecular weight excluding hydrogens is 204 g/mol. The number of carboxylic acid groups (broad SMARTS) is 1. The molecule has 4 N–H and O–H groups in total. The van der Waals surface area contributed by atoms with Crippen molar-refractivity contribution >= 4 is 16.9 Å². The molecule has 0 spiro atoms. The van der Waals surface area contributed by atoms with Crippen molar-refractivity contribution in [3.05, 3.63) is 35.5 Å². The van der Waals surface area contributed by atoms with E-state index < -0.39 is 12.0 Å². The van der Waals surface area contributed by atoms with E-state index in [0.717, 1.165) is 22.0 Å². The van der Waals surface area contributed by atoms with Crippen LogP contribution in [0, 0.1) is 6.92 Å². The maximum atomic E-state index is 10.7. The van der Waals surface area contributed by atoms with Crippen molar-refractivity contribution in [2.45, 2.75) is 19.4 Å². The van der Waals surface area contributed by atoms with Crippen LogP contribution in [0.5, 0.6) is 0 Å². The van der Waals surface area contributed by atoms with Gasteiger partial charge in [-0.25, -0.2) is 0 Å². The molecule has 4 heteroatoms. The van der Waals surface area contributed by atoms with Crippen molar-refractivity contribution in [3.63, 3.8) is 0 Å². The monoisotopic (exact) mass is 218 g/mol. The van der Waals surface area contributed by atoms with Gasteiger partial charge in [0, 0.05) is 23.5 Å². The van der Waals surface area contributed by atoms with Gasteiger partial charge >= 0.3 is 5.97 Å². The molecule has 4 nitrogen and oxygen atoms in total. The lowest BCUT2D eigenvalue weighted by molar-refractivity contribution is -0.138. The van der Waals surface area contributed by atoms with Crippen LogP contribution in [0.25, 0.3) is 10.9 Å². The Hall–Kier alpha value is -1.81. The van der Waals surface area contributed by atoms with Crippen LogP contribution in [0.2, 0.25) is 0 Å². The van der Waals surface area contributed by atoms with Gasteiger partial charge in [-0.15, -0.1) is 0 Å². The van der Waals surface area contributed by atoms with Crippen LogP contribution in [0.4, 0.5) is 0 Å². The quantitative estimate of drug-likeness (QED) is 0.729. The standard InChI is InChI=1S/C12H14N2O2/c1-7-3-2-4-10-11(7)8(6-14-10)5-9(13)12(15)16/h2-4,6,9,14H,5,13H2,1H3,(H,15,16)/t9-/m1/s1. The molecule has 0 aliphatic rings. The number of aryl methyl sites for hydroxylation is 1. The number of hydrogen-bond donors (Lipinski definition) is 3. The summed E-state index contributed by atoms with van der Waals surface area (Å²) in [4.78, 5) is 13.8. The summed E-state index contributed by atoms with van der Waals surface area (Å²) in [6.45, 7) is 2.01. The van der Waals surface area contributed by atoms with Gasteiger partial charge in [0.15, 0.2) is 0 Å². The topological polar surface area (TPSA) is 79.1 Å². The lowest BCUT2D eigenvalue weighted by Gasteiger charge is -2.06. The van der Waals surface area contributed by atoms with Crippen LogP contribution in [-0.2, 0) is 11.2 Å². The summed E-state index contributed by atoms with van der Waals surface area (Å²) < 4.78 is 0. The van der Waals surface area contributed by atoms with Gasteiger partial charge < -0.3 is 15.8 Å². The fourth-order valence-corrected chi connectivity index (χ4v) is 1.94. The Labute approximate surface area is 93.1 Å². The van der Waals surface area contributed by atoms with Gasteiger partial charge in [0.1, 0.15) is 6.04 Å². The number of H-pyrrole nitrogens is 1. The molecule has 0 radical (unpaired) electrons. The highest BCUT2D eigenvalue weighted by Gasteiger charge is 2.15. The molecule has 2 rings (SSSR count). The van der Waals surface area contributed by atoms with Gasteiger partial charge in [0.2, 0.25) is 0 Å². The van der Waals surface area contributed by atoms with Gasteiger partial charge in [-0.1, -0.05) is 12.1 Å². The summed E-state index contributed by atoms with van der Waals surface area (Å²) in [5.74, 6) is -0.970. The molecule has 0 aliphatic heterocycles. The summed E-state index contributed by atoms with van der Waals surface area (Å²) in [5, 5.41) is 9.87. The average molecular weight is 218 g/mol. The molecule has 16 heavy (non-hydrogen) atoms. The number of benzene rings is 1. The average Bonchev–Trinajstić information content (AvgIpc) is 2.63. The molecule has 0 fully saturated rings. The maximum Gasteiger partial charge on any atom is 0.320 e. The number of aromatic amines is 1. The Balaban J connectivity index is 2.42.